The summed E-state index contributed by atoms with van der Waals surface area (Å²) >= 11 is 2.57. The van der Waals surface area contributed by atoms with Gasteiger partial charge in [-0.3, -0.25) is 4.90 Å². The van der Waals surface area contributed by atoms with Gasteiger partial charge in [-0.15, -0.1) is 11.3 Å². The number of ether oxygens (including phenoxy) is 1. The van der Waals surface area contributed by atoms with Crippen LogP contribution in [0.1, 0.15) is 30.9 Å². The third kappa shape index (κ3) is 6.33. The summed E-state index contributed by atoms with van der Waals surface area (Å²) in [6.45, 7) is 9.02. The molecule has 0 amide bonds. The van der Waals surface area contributed by atoms with Crippen molar-refractivity contribution in [1.82, 2.24) is 9.88 Å². The first-order valence-electron chi connectivity index (χ1n) is 11.3. The number of aromatic nitrogens is 1. The van der Waals surface area contributed by atoms with Gasteiger partial charge in [-0.05, 0) is 29.7 Å². The van der Waals surface area contributed by atoms with Gasteiger partial charge in [-0.25, -0.2) is 4.98 Å². The highest BCUT2D eigenvalue weighted by Crippen LogP contribution is 2.43. The summed E-state index contributed by atoms with van der Waals surface area (Å²) < 4.78 is 47.3. The summed E-state index contributed by atoms with van der Waals surface area (Å²) in [5, 5.41) is 5.79. The summed E-state index contributed by atoms with van der Waals surface area (Å²) in [6, 6.07) is 12.1. The van der Waals surface area contributed by atoms with Gasteiger partial charge < -0.3 is 10.1 Å². The van der Waals surface area contributed by atoms with Crippen LogP contribution in [0.5, 0.6) is 0 Å². The number of hydrogen-bond acceptors (Lipinski definition) is 6. The third-order valence-electron chi connectivity index (χ3n) is 5.65. The molecule has 2 aromatic carbocycles. The molecular weight excluding hydrogens is 479 g/mol. The van der Waals surface area contributed by atoms with Gasteiger partial charge in [0.15, 0.2) is 5.13 Å². The van der Waals surface area contributed by atoms with Crippen molar-refractivity contribution in [3.05, 3.63) is 59.0 Å². The van der Waals surface area contributed by atoms with Crippen LogP contribution in [0.4, 0.5) is 18.3 Å². The molecule has 34 heavy (non-hydrogen) atoms. The Bertz CT molecular complexity index is 1100. The molecular formula is C25H28F3N3OS2. The highest BCUT2D eigenvalue weighted by atomic mass is 32.2. The van der Waals surface area contributed by atoms with Crippen molar-refractivity contribution < 1.29 is 17.9 Å². The van der Waals surface area contributed by atoms with Crippen LogP contribution in [0, 0.1) is 0 Å². The molecule has 1 aliphatic heterocycles. The number of rotatable bonds is 8. The number of nitrogens with one attached hydrogen (secondary N) is 1. The lowest BCUT2D eigenvalue weighted by atomic mass is 10.0. The lowest BCUT2D eigenvalue weighted by Crippen LogP contribution is -2.38. The van der Waals surface area contributed by atoms with E-state index >= 15 is 0 Å². The smallest absolute Gasteiger partial charge is 0.379 e. The molecule has 1 saturated heterocycles. The Hall–Kier alpha value is -2.07. The first kappa shape index (κ1) is 25.0. The second kappa shape index (κ2) is 11.1. The summed E-state index contributed by atoms with van der Waals surface area (Å²) in [6.07, 6.45) is -4.46. The molecule has 1 aliphatic rings. The van der Waals surface area contributed by atoms with Crippen LogP contribution in [0.3, 0.4) is 0 Å². The Balaban J connectivity index is 1.50. The van der Waals surface area contributed by atoms with Crippen molar-refractivity contribution >= 4 is 28.2 Å². The fourth-order valence-corrected chi connectivity index (χ4v) is 5.78. The highest BCUT2D eigenvalue weighted by Gasteiger charge is 2.34. The molecule has 0 aliphatic carbocycles. The number of nitrogens with zero attached hydrogens (tertiary/aromatic N) is 2. The van der Waals surface area contributed by atoms with Crippen LogP contribution >= 0.6 is 23.1 Å². The predicted octanol–water partition coefficient (Wildman–Crippen LogP) is 6.85. The molecule has 0 bridgehead atoms. The molecule has 1 N–H and O–H groups in total. The van der Waals surface area contributed by atoms with Crippen LogP contribution in [-0.4, -0.2) is 49.3 Å². The maximum atomic E-state index is 14.0. The van der Waals surface area contributed by atoms with Gasteiger partial charge in [0, 0.05) is 46.9 Å². The lowest BCUT2D eigenvalue weighted by molar-refractivity contribution is -0.139. The Labute approximate surface area is 206 Å². The molecule has 0 atom stereocenters. The normalized spacial score (nSPS) is 15.1. The molecule has 9 heteroatoms. The molecule has 1 fully saturated rings. The zero-order valence-electron chi connectivity index (χ0n) is 19.2. The molecule has 182 valence electrons. The monoisotopic (exact) mass is 507 g/mol. The van der Waals surface area contributed by atoms with Crippen LogP contribution in [0.25, 0.3) is 11.3 Å². The lowest BCUT2D eigenvalue weighted by Gasteiger charge is -2.26. The van der Waals surface area contributed by atoms with Crippen molar-refractivity contribution in [3.8, 4) is 11.3 Å². The molecule has 1 aromatic heterocycles. The van der Waals surface area contributed by atoms with Crippen molar-refractivity contribution in [2.75, 3.05) is 44.7 Å². The molecule has 0 saturated carbocycles. The first-order valence-corrected chi connectivity index (χ1v) is 13.0. The van der Waals surface area contributed by atoms with E-state index in [1.807, 2.05) is 38.1 Å². The van der Waals surface area contributed by atoms with Crippen LogP contribution in [-0.2, 0) is 10.9 Å². The number of halogens is 3. The number of hydrogen-bond donors (Lipinski definition) is 1. The minimum absolute atomic E-state index is 0.198. The predicted molar refractivity (Wildman–Crippen MR) is 133 cm³/mol. The Kier molecular flexibility index (Phi) is 8.18. The quantitative estimate of drug-likeness (QED) is 0.361. The Morgan fingerprint density at radius 3 is 2.62 bits per heavy atom. The average molecular weight is 508 g/mol. The molecule has 0 unspecified atom stereocenters. The summed E-state index contributed by atoms with van der Waals surface area (Å²) in [5.74, 6) is 0.224. The molecule has 0 radical (unpaired) electrons. The number of thiazole rings is 1. The minimum atomic E-state index is -4.46. The van der Waals surface area contributed by atoms with Gasteiger partial charge in [-0.2, -0.15) is 13.2 Å². The highest BCUT2D eigenvalue weighted by molar-refractivity contribution is 7.99. The zero-order valence-corrected chi connectivity index (χ0v) is 20.8. The van der Waals surface area contributed by atoms with E-state index < -0.39 is 11.7 Å². The molecule has 0 spiro atoms. The van der Waals surface area contributed by atoms with Gasteiger partial charge in [0.1, 0.15) is 0 Å². The Morgan fingerprint density at radius 2 is 1.88 bits per heavy atom. The van der Waals surface area contributed by atoms with E-state index in [9.17, 15) is 13.2 Å². The van der Waals surface area contributed by atoms with Crippen LogP contribution < -0.4 is 5.32 Å². The number of anilines is 1. The van der Waals surface area contributed by atoms with Crippen LogP contribution in [0.15, 0.2) is 57.6 Å². The van der Waals surface area contributed by atoms with Gasteiger partial charge in [-0.1, -0.05) is 49.9 Å². The number of alkyl halides is 3. The van der Waals surface area contributed by atoms with E-state index in [2.05, 4.69) is 15.2 Å². The molecule has 3 aromatic rings. The summed E-state index contributed by atoms with van der Waals surface area (Å²) in [7, 11) is 0. The second-order valence-corrected chi connectivity index (χ2v) is 10.4. The molecule has 4 nitrogen and oxygen atoms in total. The topological polar surface area (TPSA) is 37.4 Å². The van der Waals surface area contributed by atoms with Gasteiger partial charge >= 0.3 is 6.18 Å². The van der Waals surface area contributed by atoms with E-state index in [0.717, 1.165) is 49.9 Å². The Morgan fingerprint density at radius 1 is 1.12 bits per heavy atom. The number of benzene rings is 2. The van der Waals surface area contributed by atoms with E-state index in [4.69, 9.17) is 4.74 Å². The maximum absolute atomic E-state index is 14.0. The zero-order chi connectivity index (χ0) is 24.1. The first-order chi connectivity index (χ1) is 16.3. The SMILES string of the molecule is CC(C)c1ccccc1Sc1ccc(-c2csc(NCCN3CCOCC3)n2)cc1C(F)(F)F. The van der Waals surface area contributed by atoms with Gasteiger partial charge in [0.25, 0.3) is 0 Å². The largest absolute Gasteiger partial charge is 0.417 e. The second-order valence-electron chi connectivity index (χ2n) is 8.42. The van der Waals surface area contributed by atoms with Gasteiger partial charge in [0.05, 0.1) is 24.5 Å². The van der Waals surface area contributed by atoms with Crippen molar-refractivity contribution in [3.63, 3.8) is 0 Å². The fraction of sp³-hybridized carbons (Fsp3) is 0.400. The molecule has 2 heterocycles. The third-order valence-corrected chi connectivity index (χ3v) is 7.62. The van der Waals surface area contributed by atoms with Crippen molar-refractivity contribution in [1.29, 1.82) is 0 Å². The summed E-state index contributed by atoms with van der Waals surface area (Å²) in [5.41, 5.74) is 1.41. The fourth-order valence-electron chi connectivity index (χ4n) is 3.80. The number of morpholine rings is 1. The van der Waals surface area contributed by atoms with Crippen molar-refractivity contribution in [2.24, 2.45) is 0 Å². The average Bonchev–Trinajstić information content (AvgIpc) is 3.28. The standard InChI is InChI=1S/C25H28F3N3OS2/c1-17(2)19-5-3-4-6-22(19)34-23-8-7-18(15-20(23)25(26,27)28)21-16-33-24(30-21)29-9-10-31-11-13-32-14-12-31/h3-8,15-17H,9-14H2,1-2H3,(H,29,30). The minimum Gasteiger partial charge on any atom is -0.379 e. The van der Waals surface area contributed by atoms with Crippen molar-refractivity contribution in [2.45, 2.75) is 35.7 Å². The van der Waals surface area contributed by atoms with E-state index in [0.29, 0.717) is 16.4 Å². The van der Waals surface area contributed by atoms with E-state index in [1.54, 1.807) is 17.5 Å². The van der Waals surface area contributed by atoms with E-state index in [1.165, 1.54) is 29.2 Å². The van der Waals surface area contributed by atoms with Crippen LogP contribution in [0.2, 0.25) is 0 Å². The molecule has 4 rings (SSSR count). The van der Waals surface area contributed by atoms with E-state index in [-0.39, 0.29) is 10.8 Å². The van der Waals surface area contributed by atoms with Gasteiger partial charge in [0.2, 0.25) is 0 Å². The summed E-state index contributed by atoms with van der Waals surface area (Å²) in [4.78, 5) is 7.88. The maximum Gasteiger partial charge on any atom is 0.417 e.